The van der Waals surface area contributed by atoms with Gasteiger partial charge in [0.1, 0.15) is 5.69 Å². The van der Waals surface area contributed by atoms with Crippen molar-refractivity contribution >= 4 is 28.8 Å². The topological polar surface area (TPSA) is 110 Å². The lowest BCUT2D eigenvalue weighted by Crippen LogP contribution is -2.47. The molecule has 0 aliphatic carbocycles. The third-order valence-electron chi connectivity index (χ3n) is 3.96. The molecule has 22 heavy (non-hydrogen) atoms. The number of hydrogen-bond donors (Lipinski definition) is 3. The van der Waals surface area contributed by atoms with E-state index >= 15 is 0 Å². The zero-order chi connectivity index (χ0) is 15.7. The van der Waals surface area contributed by atoms with Crippen LogP contribution in [0.5, 0.6) is 0 Å². The van der Waals surface area contributed by atoms with E-state index in [9.17, 15) is 0 Å². The Balaban J connectivity index is 1.73. The predicted molar refractivity (Wildman–Crippen MR) is 90.9 cm³/mol. The van der Waals surface area contributed by atoms with Crippen LogP contribution in [0.1, 0.15) is 5.69 Å². The minimum absolute atomic E-state index is 0.222. The first-order valence-corrected chi connectivity index (χ1v) is 7.29. The third kappa shape index (κ3) is 2.69. The van der Waals surface area contributed by atoms with Crippen molar-refractivity contribution < 1.29 is 0 Å². The number of hydrogen-bond acceptors (Lipinski definition) is 7. The van der Waals surface area contributed by atoms with Crippen molar-refractivity contribution in [3.63, 3.8) is 0 Å². The van der Waals surface area contributed by atoms with Gasteiger partial charge in [0.25, 0.3) is 0 Å². The van der Waals surface area contributed by atoms with Gasteiger partial charge in [0.2, 0.25) is 5.95 Å². The van der Waals surface area contributed by atoms with E-state index in [1.54, 1.807) is 0 Å². The first kappa shape index (κ1) is 14.2. The Morgan fingerprint density at radius 3 is 2.05 bits per heavy atom. The Morgan fingerprint density at radius 2 is 1.45 bits per heavy atom. The highest BCUT2D eigenvalue weighted by Crippen LogP contribution is 2.27. The fraction of sp³-hybridized carbons (Fsp3) is 0.333. The van der Waals surface area contributed by atoms with Gasteiger partial charge in [0.05, 0.1) is 5.69 Å². The molecule has 1 fully saturated rings. The Morgan fingerprint density at radius 1 is 0.864 bits per heavy atom. The molecule has 7 heteroatoms. The molecule has 1 saturated heterocycles. The molecular weight excluding hydrogens is 278 g/mol. The summed E-state index contributed by atoms with van der Waals surface area (Å²) in [6.07, 6.45) is 0. The molecule has 0 unspecified atom stereocenters. The summed E-state index contributed by atoms with van der Waals surface area (Å²) in [6, 6.07) is 7.96. The van der Waals surface area contributed by atoms with Crippen molar-refractivity contribution in [2.45, 2.75) is 6.92 Å². The van der Waals surface area contributed by atoms with Crippen LogP contribution in [0.4, 0.5) is 28.8 Å². The molecule has 0 atom stereocenters. The number of rotatable bonds is 2. The van der Waals surface area contributed by atoms with E-state index in [0.717, 1.165) is 43.2 Å². The predicted octanol–water partition coefficient (Wildman–Crippen LogP) is 0.858. The highest BCUT2D eigenvalue weighted by atomic mass is 15.3. The molecule has 1 aliphatic heterocycles. The zero-order valence-electron chi connectivity index (χ0n) is 12.7. The Kier molecular flexibility index (Phi) is 3.62. The number of benzene rings is 1. The number of aromatic nitrogens is 2. The maximum absolute atomic E-state index is 6.02. The van der Waals surface area contributed by atoms with Gasteiger partial charge in [-0.05, 0) is 31.2 Å². The van der Waals surface area contributed by atoms with Gasteiger partial charge in [0, 0.05) is 37.6 Å². The first-order chi connectivity index (χ1) is 10.5. The van der Waals surface area contributed by atoms with E-state index < -0.39 is 0 Å². The van der Waals surface area contributed by atoms with Gasteiger partial charge >= 0.3 is 0 Å². The summed E-state index contributed by atoms with van der Waals surface area (Å²) < 4.78 is 0. The van der Waals surface area contributed by atoms with Crippen molar-refractivity contribution in [1.82, 2.24) is 9.97 Å². The average Bonchev–Trinajstić information content (AvgIpc) is 2.48. The van der Waals surface area contributed by atoms with Gasteiger partial charge in [-0.15, -0.1) is 0 Å². The zero-order valence-corrected chi connectivity index (χ0v) is 12.7. The molecule has 1 aliphatic rings. The molecule has 2 heterocycles. The summed E-state index contributed by atoms with van der Waals surface area (Å²) in [7, 11) is 0. The second-order valence-electron chi connectivity index (χ2n) is 5.47. The Labute approximate surface area is 129 Å². The lowest BCUT2D eigenvalue weighted by atomic mass is 10.2. The van der Waals surface area contributed by atoms with Crippen LogP contribution in [0, 0.1) is 6.92 Å². The van der Waals surface area contributed by atoms with Crippen molar-refractivity contribution in [2.75, 3.05) is 53.2 Å². The van der Waals surface area contributed by atoms with Gasteiger partial charge in [-0.2, -0.15) is 4.98 Å². The second kappa shape index (κ2) is 5.59. The standard InChI is InChI=1S/C15H21N7/c1-10-13(14(17)20-15(18)19-10)22-8-6-21(7-9-22)12-4-2-11(16)3-5-12/h2-5H,6-9,16H2,1H3,(H4,17,18,19,20). The molecule has 0 amide bonds. The lowest BCUT2D eigenvalue weighted by molar-refractivity contribution is 0.651. The maximum Gasteiger partial charge on any atom is 0.222 e. The third-order valence-corrected chi connectivity index (χ3v) is 3.96. The smallest absolute Gasteiger partial charge is 0.222 e. The molecular formula is C15H21N7. The highest BCUT2D eigenvalue weighted by molar-refractivity contribution is 5.68. The largest absolute Gasteiger partial charge is 0.399 e. The fourth-order valence-electron chi connectivity index (χ4n) is 2.88. The summed E-state index contributed by atoms with van der Waals surface area (Å²) in [6.45, 7) is 5.46. The highest BCUT2D eigenvalue weighted by Gasteiger charge is 2.21. The van der Waals surface area contributed by atoms with Crippen molar-refractivity contribution in [3.8, 4) is 0 Å². The van der Waals surface area contributed by atoms with E-state index in [1.165, 1.54) is 5.69 Å². The van der Waals surface area contributed by atoms with E-state index in [2.05, 4.69) is 31.9 Å². The normalized spacial score (nSPS) is 15.1. The van der Waals surface area contributed by atoms with E-state index in [-0.39, 0.29) is 5.95 Å². The average molecular weight is 299 g/mol. The number of anilines is 5. The van der Waals surface area contributed by atoms with E-state index in [0.29, 0.717) is 5.82 Å². The molecule has 0 radical (unpaired) electrons. The number of aryl methyl sites for hydroxylation is 1. The second-order valence-corrected chi connectivity index (χ2v) is 5.47. The van der Waals surface area contributed by atoms with Crippen molar-refractivity contribution in [2.24, 2.45) is 0 Å². The quantitative estimate of drug-likeness (QED) is 0.705. The summed E-state index contributed by atoms with van der Waals surface area (Å²) in [5, 5.41) is 0. The number of nitrogens with two attached hydrogens (primary N) is 3. The van der Waals surface area contributed by atoms with Crippen LogP contribution in [0.15, 0.2) is 24.3 Å². The molecule has 0 saturated carbocycles. The van der Waals surface area contributed by atoms with Gasteiger partial charge in [0.15, 0.2) is 5.82 Å². The molecule has 2 aromatic rings. The molecule has 1 aromatic carbocycles. The van der Waals surface area contributed by atoms with Crippen LogP contribution in [-0.2, 0) is 0 Å². The van der Waals surface area contributed by atoms with E-state index in [4.69, 9.17) is 17.2 Å². The molecule has 3 rings (SSSR count). The van der Waals surface area contributed by atoms with Crippen LogP contribution >= 0.6 is 0 Å². The van der Waals surface area contributed by atoms with Gasteiger partial charge < -0.3 is 27.0 Å². The summed E-state index contributed by atoms with van der Waals surface area (Å²) >= 11 is 0. The minimum Gasteiger partial charge on any atom is -0.399 e. The SMILES string of the molecule is Cc1nc(N)nc(N)c1N1CCN(c2ccc(N)cc2)CC1. The molecule has 6 N–H and O–H groups in total. The summed E-state index contributed by atoms with van der Waals surface area (Å²) in [4.78, 5) is 12.8. The monoisotopic (exact) mass is 299 g/mol. The van der Waals surface area contributed by atoms with Crippen LogP contribution in [0.2, 0.25) is 0 Å². The lowest BCUT2D eigenvalue weighted by Gasteiger charge is -2.38. The number of piperazine rings is 1. The van der Waals surface area contributed by atoms with E-state index in [1.807, 2.05) is 19.1 Å². The fourth-order valence-corrected chi connectivity index (χ4v) is 2.88. The van der Waals surface area contributed by atoms with Crippen LogP contribution in [-0.4, -0.2) is 36.1 Å². The van der Waals surface area contributed by atoms with Crippen LogP contribution in [0.25, 0.3) is 0 Å². The maximum atomic E-state index is 6.02. The Bertz CT molecular complexity index is 637. The molecule has 1 aromatic heterocycles. The van der Waals surface area contributed by atoms with Crippen molar-refractivity contribution in [1.29, 1.82) is 0 Å². The van der Waals surface area contributed by atoms with Gasteiger partial charge in [-0.1, -0.05) is 0 Å². The number of nitrogens with zero attached hydrogens (tertiary/aromatic N) is 4. The van der Waals surface area contributed by atoms with Gasteiger partial charge in [-0.3, -0.25) is 0 Å². The number of nitrogen functional groups attached to an aromatic ring is 3. The first-order valence-electron chi connectivity index (χ1n) is 7.29. The molecule has 0 bridgehead atoms. The van der Waals surface area contributed by atoms with Crippen molar-refractivity contribution in [3.05, 3.63) is 30.0 Å². The summed E-state index contributed by atoms with van der Waals surface area (Å²) in [5.74, 6) is 0.671. The van der Waals surface area contributed by atoms with Crippen LogP contribution in [0.3, 0.4) is 0 Å². The van der Waals surface area contributed by atoms with Gasteiger partial charge in [-0.25, -0.2) is 4.98 Å². The molecule has 7 nitrogen and oxygen atoms in total. The Hall–Kier alpha value is -2.70. The minimum atomic E-state index is 0.222. The molecule has 0 spiro atoms. The molecule has 116 valence electrons. The summed E-state index contributed by atoms with van der Waals surface area (Å²) in [5.41, 5.74) is 21.1. The van der Waals surface area contributed by atoms with Crippen LogP contribution < -0.4 is 27.0 Å².